The highest BCUT2D eigenvalue weighted by Gasteiger charge is 2.06. The normalized spacial score (nSPS) is 10.3. The molecule has 2 aromatic rings. The molecule has 2 aromatic carbocycles. The Hall–Kier alpha value is -2.31. The summed E-state index contributed by atoms with van der Waals surface area (Å²) in [5.74, 6) is 1.00. The van der Waals surface area contributed by atoms with Crippen molar-refractivity contribution in [3.05, 3.63) is 65.7 Å². The van der Waals surface area contributed by atoms with Crippen molar-refractivity contribution in [3.8, 4) is 0 Å². The van der Waals surface area contributed by atoms with Crippen molar-refractivity contribution in [2.24, 2.45) is 0 Å². The number of rotatable bonds is 10. The molecule has 0 aliphatic heterocycles. The van der Waals surface area contributed by atoms with Crippen LogP contribution in [0.4, 0.5) is 5.69 Å². The third-order valence-electron chi connectivity index (χ3n) is 3.59. The minimum atomic E-state index is -0.0810. The third-order valence-corrected chi connectivity index (χ3v) is 4.59. The first-order valence-corrected chi connectivity index (χ1v) is 9.63. The number of carbonyl (C=O) groups excluding carboxylic acids is 2. The van der Waals surface area contributed by atoms with E-state index < -0.39 is 0 Å². The largest absolute Gasteiger partial charge is 0.385 e. The molecule has 0 radical (unpaired) electrons. The van der Waals surface area contributed by atoms with E-state index in [-0.39, 0.29) is 11.8 Å². The van der Waals surface area contributed by atoms with Gasteiger partial charge in [0.2, 0.25) is 5.91 Å². The van der Waals surface area contributed by atoms with Crippen LogP contribution in [-0.2, 0) is 15.3 Å². The number of benzene rings is 2. The molecule has 0 aliphatic rings. The Kier molecular flexibility index (Phi) is 8.72. The van der Waals surface area contributed by atoms with E-state index in [2.05, 4.69) is 10.6 Å². The summed E-state index contributed by atoms with van der Waals surface area (Å²) in [5, 5.41) is 5.72. The lowest BCUT2D eigenvalue weighted by Crippen LogP contribution is -2.25. The molecule has 138 valence electrons. The van der Waals surface area contributed by atoms with Gasteiger partial charge in [-0.15, -0.1) is 11.8 Å². The molecule has 0 atom stereocenters. The summed E-state index contributed by atoms with van der Waals surface area (Å²) in [6, 6.07) is 16.9. The third kappa shape index (κ3) is 7.29. The zero-order valence-corrected chi connectivity index (χ0v) is 15.7. The van der Waals surface area contributed by atoms with Gasteiger partial charge in [-0.3, -0.25) is 9.59 Å². The number of carbonyl (C=O) groups is 2. The van der Waals surface area contributed by atoms with Crippen LogP contribution >= 0.6 is 11.8 Å². The van der Waals surface area contributed by atoms with E-state index in [0.717, 1.165) is 23.4 Å². The van der Waals surface area contributed by atoms with Gasteiger partial charge in [0.15, 0.2) is 0 Å². The maximum atomic E-state index is 12.0. The van der Waals surface area contributed by atoms with E-state index in [1.54, 1.807) is 18.9 Å². The van der Waals surface area contributed by atoms with E-state index in [9.17, 15) is 9.59 Å². The van der Waals surface area contributed by atoms with Crippen LogP contribution in [0.1, 0.15) is 22.3 Å². The summed E-state index contributed by atoms with van der Waals surface area (Å²) in [6.07, 6.45) is 0.794. The first kappa shape index (κ1) is 20.0. The van der Waals surface area contributed by atoms with E-state index >= 15 is 0 Å². The number of nitrogens with one attached hydrogen (secondary N) is 2. The molecule has 0 unspecified atom stereocenters. The van der Waals surface area contributed by atoms with Gasteiger partial charge in [0.25, 0.3) is 5.91 Å². The minimum Gasteiger partial charge on any atom is -0.385 e. The molecule has 0 heterocycles. The highest BCUT2D eigenvalue weighted by molar-refractivity contribution is 7.99. The first-order chi connectivity index (χ1) is 12.7. The van der Waals surface area contributed by atoms with Crippen LogP contribution in [0.2, 0.25) is 0 Å². The summed E-state index contributed by atoms with van der Waals surface area (Å²) in [7, 11) is 1.64. The topological polar surface area (TPSA) is 67.4 Å². The standard InChI is InChI=1S/C20H24N2O3S/c1-25-13-5-12-21-20(24)17-10-8-16(9-11-17)14-26-15-19(23)22-18-6-3-2-4-7-18/h2-4,6-11H,5,12-15H2,1H3,(H,21,24)(H,22,23). The molecule has 2 N–H and O–H groups in total. The highest BCUT2D eigenvalue weighted by atomic mass is 32.2. The second-order valence-electron chi connectivity index (χ2n) is 5.71. The van der Waals surface area contributed by atoms with Gasteiger partial charge in [0.05, 0.1) is 5.75 Å². The summed E-state index contributed by atoms with van der Waals surface area (Å²) in [5.41, 5.74) is 2.52. The molecule has 2 amide bonds. The van der Waals surface area contributed by atoms with Crippen molar-refractivity contribution < 1.29 is 14.3 Å². The number of anilines is 1. The Morgan fingerprint density at radius 2 is 1.77 bits per heavy atom. The smallest absolute Gasteiger partial charge is 0.251 e. The molecule has 0 fully saturated rings. The number of methoxy groups -OCH3 is 1. The van der Waals surface area contributed by atoms with Gasteiger partial charge in [0, 0.05) is 37.3 Å². The zero-order chi connectivity index (χ0) is 18.6. The van der Waals surface area contributed by atoms with Crippen molar-refractivity contribution in [2.45, 2.75) is 12.2 Å². The predicted molar refractivity (Wildman–Crippen MR) is 107 cm³/mol. The van der Waals surface area contributed by atoms with Gasteiger partial charge in [0.1, 0.15) is 0 Å². The summed E-state index contributed by atoms with van der Waals surface area (Å²) in [6.45, 7) is 1.23. The Bertz CT molecular complexity index is 690. The van der Waals surface area contributed by atoms with Crippen molar-refractivity contribution in [3.63, 3.8) is 0 Å². The van der Waals surface area contributed by atoms with Crippen LogP contribution in [0, 0.1) is 0 Å². The fourth-order valence-electron chi connectivity index (χ4n) is 2.25. The van der Waals surface area contributed by atoms with Crippen LogP contribution in [0.3, 0.4) is 0 Å². The molecule has 0 aliphatic carbocycles. The SMILES string of the molecule is COCCCNC(=O)c1ccc(CSCC(=O)Nc2ccccc2)cc1. The van der Waals surface area contributed by atoms with Gasteiger partial charge in [-0.1, -0.05) is 30.3 Å². The highest BCUT2D eigenvalue weighted by Crippen LogP contribution is 2.14. The van der Waals surface area contributed by atoms with E-state index in [1.165, 1.54) is 0 Å². The van der Waals surface area contributed by atoms with Crippen LogP contribution in [0.15, 0.2) is 54.6 Å². The predicted octanol–water partition coefficient (Wildman–Crippen LogP) is 3.32. The van der Waals surface area contributed by atoms with Crippen molar-refractivity contribution in [1.29, 1.82) is 0 Å². The van der Waals surface area contributed by atoms with Gasteiger partial charge in [-0.2, -0.15) is 0 Å². The summed E-state index contributed by atoms with van der Waals surface area (Å²) < 4.78 is 4.95. The number of ether oxygens (including phenoxy) is 1. The van der Waals surface area contributed by atoms with E-state index in [0.29, 0.717) is 24.5 Å². The molecule has 0 saturated carbocycles. The first-order valence-electron chi connectivity index (χ1n) is 8.48. The average Bonchev–Trinajstić information content (AvgIpc) is 2.66. The Morgan fingerprint density at radius 1 is 1.04 bits per heavy atom. The molecular formula is C20H24N2O3S. The Morgan fingerprint density at radius 3 is 2.46 bits per heavy atom. The number of hydrogen-bond donors (Lipinski definition) is 2. The Balaban J connectivity index is 1.70. The second kappa shape index (κ2) is 11.3. The molecule has 0 saturated heterocycles. The fraction of sp³-hybridized carbons (Fsp3) is 0.300. The van der Waals surface area contributed by atoms with Crippen LogP contribution in [-0.4, -0.2) is 37.8 Å². The molecule has 0 bridgehead atoms. The van der Waals surface area contributed by atoms with Crippen molar-refractivity contribution in [2.75, 3.05) is 31.3 Å². The maximum Gasteiger partial charge on any atom is 0.251 e. The molecule has 26 heavy (non-hydrogen) atoms. The molecule has 2 rings (SSSR count). The molecule has 6 heteroatoms. The van der Waals surface area contributed by atoms with Gasteiger partial charge in [-0.05, 0) is 36.2 Å². The van der Waals surface area contributed by atoms with E-state index in [4.69, 9.17) is 4.74 Å². The summed E-state index contributed by atoms with van der Waals surface area (Å²) in [4.78, 5) is 23.9. The fourth-order valence-corrected chi connectivity index (χ4v) is 3.04. The maximum absolute atomic E-state index is 12.0. The van der Waals surface area contributed by atoms with Crippen molar-refractivity contribution in [1.82, 2.24) is 5.32 Å². The summed E-state index contributed by atoms with van der Waals surface area (Å²) >= 11 is 1.54. The monoisotopic (exact) mass is 372 g/mol. The minimum absolute atomic E-state index is 0.0201. The van der Waals surface area contributed by atoms with Crippen LogP contribution in [0.25, 0.3) is 0 Å². The molecular weight excluding hydrogens is 348 g/mol. The van der Waals surface area contributed by atoms with Gasteiger partial charge < -0.3 is 15.4 Å². The molecule has 5 nitrogen and oxygen atoms in total. The molecule has 0 aromatic heterocycles. The number of thioether (sulfide) groups is 1. The van der Waals surface area contributed by atoms with Crippen molar-refractivity contribution >= 4 is 29.3 Å². The number of amides is 2. The lowest BCUT2D eigenvalue weighted by atomic mass is 10.1. The van der Waals surface area contributed by atoms with Crippen LogP contribution < -0.4 is 10.6 Å². The average molecular weight is 372 g/mol. The van der Waals surface area contributed by atoms with Gasteiger partial charge in [-0.25, -0.2) is 0 Å². The van der Waals surface area contributed by atoms with E-state index in [1.807, 2.05) is 54.6 Å². The van der Waals surface area contributed by atoms with Gasteiger partial charge >= 0.3 is 0 Å². The number of para-hydroxylation sites is 1. The van der Waals surface area contributed by atoms with Crippen LogP contribution in [0.5, 0.6) is 0 Å². The quantitative estimate of drug-likeness (QED) is 0.628. The lowest BCUT2D eigenvalue weighted by molar-refractivity contribution is -0.113. The lowest BCUT2D eigenvalue weighted by Gasteiger charge is -2.07. The number of hydrogen-bond acceptors (Lipinski definition) is 4. The zero-order valence-electron chi connectivity index (χ0n) is 14.9. The molecule has 0 spiro atoms. The Labute approximate surface area is 158 Å². The second-order valence-corrected chi connectivity index (χ2v) is 6.69.